The minimum absolute atomic E-state index is 0.0110. The van der Waals surface area contributed by atoms with Gasteiger partial charge in [0.25, 0.3) is 0 Å². The molecule has 0 spiro atoms. The number of piperidine rings is 1. The molecule has 6 heteroatoms. The average molecular weight is 361 g/mol. The second kappa shape index (κ2) is 8.48. The lowest BCUT2D eigenvalue weighted by Crippen LogP contribution is -2.53. The fraction of sp³-hybridized carbons (Fsp3) is 0.650. The molecule has 0 unspecified atom stereocenters. The molecule has 26 heavy (non-hydrogen) atoms. The number of benzene rings is 1. The highest BCUT2D eigenvalue weighted by Gasteiger charge is 2.46. The predicted octanol–water partition coefficient (Wildman–Crippen LogP) is 0.237. The molecule has 2 heterocycles. The second-order valence-electron chi connectivity index (χ2n) is 7.84. The number of aryl methyl sites for hydroxylation is 1. The SMILES string of the molecule is CN1CCC(NC[C@]2(O)CN(C(=O)CCc3ccccc3)C[C@H]2O)CC1. The number of nitrogens with zero attached hydrogens (tertiary/aromatic N) is 2. The van der Waals surface area contributed by atoms with Gasteiger partial charge in [-0.3, -0.25) is 4.79 Å². The highest BCUT2D eigenvalue weighted by molar-refractivity contribution is 5.77. The quantitative estimate of drug-likeness (QED) is 0.677. The van der Waals surface area contributed by atoms with Crippen LogP contribution in [-0.4, -0.2) is 83.4 Å². The van der Waals surface area contributed by atoms with Crippen LogP contribution in [0.5, 0.6) is 0 Å². The predicted molar refractivity (Wildman–Crippen MR) is 101 cm³/mol. The van der Waals surface area contributed by atoms with E-state index < -0.39 is 11.7 Å². The lowest BCUT2D eigenvalue weighted by atomic mass is 9.98. The average Bonchev–Trinajstić information content (AvgIpc) is 2.95. The Morgan fingerprint density at radius 2 is 1.96 bits per heavy atom. The number of rotatable bonds is 6. The highest BCUT2D eigenvalue weighted by Crippen LogP contribution is 2.23. The van der Waals surface area contributed by atoms with Gasteiger partial charge < -0.3 is 25.3 Å². The summed E-state index contributed by atoms with van der Waals surface area (Å²) >= 11 is 0. The van der Waals surface area contributed by atoms with Gasteiger partial charge in [-0.25, -0.2) is 0 Å². The van der Waals surface area contributed by atoms with E-state index in [1.165, 1.54) is 0 Å². The van der Waals surface area contributed by atoms with E-state index in [4.69, 9.17) is 0 Å². The molecular weight excluding hydrogens is 330 g/mol. The van der Waals surface area contributed by atoms with Crippen LogP contribution in [0.2, 0.25) is 0 Å². The minimum atomic E-state index is -1.26. The Labute approximate surface area is 155 Å². The van der Waals surface area contributed by atoms with Crippen LogP contribution in [-0.2, 0) is 11.2 Å². The maximum absolute atomic E-state index is 12.5. The van der Waals surface area contributed by atoms with E-state index in [1.807, 2.05) is 30.3 Å². The molecule has 0 aliphatic carbocycles. The lowest BCUT2D eigenvalue weighted by Gasteiger charge is -2.33. The topological polar surface area (TPSA) is 76.0 Å². The summed E-state index contributed by atoms with van der Waals surface area (Å²) in [5.74, 6) is -0.0110. The number of aliphatic hydroxyl groups is 2. The molecule has 2 atom stereocenters. The Balaban J connectivity index is 1.47. The molecule has 6 nitrogen and oxygen atoms in total. The van der Waals surface area contributed by atoms with E-state index in [-0.39, 0.29) is 19.0 Å². The van der Waals surface area contributed by atoms with Crippen LogP contribution in [0.15, 0.2) is 30.3 Å². The lowest BCUT2D eigenvalue weighted by molar-refractivity contribution is -0.131. The number of hydrogen-bond donors (Lipinski definition) is 3. The summed E-state index contributed by atoms with van der Waals surface area (Å²) in [5.41, 5.74) is -0.133. The van der Waals surface area contributed by atoms with Crippen LogP contribution >= 0.6 is 0 Å². The number of amides is 1. The molecule has 144 valence electrons. The Morgan fingerprint density at radius 3 is 2.65 bits per heavy atom. The summed E-state index contributed by atoms with van der Waals surface area (Å²) in [6, 6.07) is 10.3. The third kappa shape index (κ3) is 4.82. The van der Waals surface area contributed by atoms with Gasteiger partial charge in [0.1, 0.15) is 11.7 Å². The van der Waals surface area contributed by atoms with Crippen LogP contribution in [0.25, 0.3) is 0 Å². The summed E-state index contributed by atoms with van der Waals surface area (Å²) in [5, 5.41) is 24.6. The van der Waals surface area contributed by atoms with Crippen LogP contribution in [0, 0.1) is 0 Å². The number of hydrogen-bond acceptors (Lipinski definition) is 5. The summed E-state index contributed by atoms with van der Waals surface area (Å²) < 4.78 is 0. The Hall–Kier alpha value is -1.47. The van der Waals surface area contributed by atoms with Gasteiger partial charge in [-0.2, -0.15) is 0 Å². The van der Waals surface area contributed by atoms with Crippen molar-refractivity contribution in [1.29, 1.82) is 0 Å². The van der Waals surface area contributed by atoms with Crippen molar-refractivity contribution in [2.75, 3.05) is 39.8 Å². The maximum atomic E-state index is 12.5. The maximum Gasteiger partial charge on any atom is 0.223 e. The molecule has 0 aromatic heterocycles. The number of carbonyl (C=O) groups is 1. The normalized spacial score (nSPS) is 27.8. The van der Waals surface area contributed by atoms with Crippen molar-refractivity contribution >= 4 is 5.91 Å². The molecule has 1 amide bonds. The first-order valence-corrected chi connectivity index (χ1v) is 9.60. The van der Waals surface area contributed by atoms with Gasteiger partial charge in [-0.05, 0) is 45.0 Å². The van der Waals surface area contributed by atoms with Crippen LogP contribution in [0.1, 0.15) is 24.8 Å². The first kappa shape index (κ1) is 19.3. The van der Waals surface area contributed by atoms with Crippen molar-refractivity contribution < 1.29 is 15.0 Å². The van der Waals surface area contributed by atoms with Gasteiger partial charge in [0.05, 0.1) is 6.54 Å². The number of carbonyl (C=O) groups excluding carboxylic acids is 1. The second-order valence-corrected chi connectivity index (χ2v) is 7.84. The molecular formula is C20H31N3O3. The van der Waals surface area contributed by atoms with Gasteiger partial charge in [0, 0.05) is 25.6 Å². The standard InChI is InChI=1S/C20H31N3O3/c1-22-11-9-17(10-12-22)21-14-20(26)15-23(13-18(20)24)19(25)8-7-16-5-3-2-4-6-16/h2-6,17-18,21,24,26H,7-15H2,1H3/t18-,20+/m1/s1. The van der Waals surface area contributed by atoms with E-state index in [1.54, 1.807) is 4.90 Å². The van der Waals surface area contributed by atoms with Gasteiger partial charge in [0.2, 0.25) is 5.91 Å². The van der Waals surface area contributed by atoms with Crippen LogP contribution < -0.4 is 5.32 Å². The zero-order valence-electron chi connectivity index (χ0n) is 15.6. The third-order valence-electron chi connectivity index (χ3n) is 5.72. The molecule has 1 aromatic rings. The third-order valence-corrected chi connectivity index (χ3v) is 5.72. The summed E-state index contributed by atoms with van der Waals surface area (Å²) in [7, 11) is 2.11. The van der Waals surface area contributed by atoms with Gasteiger partial charge in [0.15, 0.2) is 0 Å². The first-order chi connectivity index (χ1) is 12.5. The Kier molecular flexibility index (Phi) is 6.29. The Bertz CT molecular complexity index is 589. The number of likely N-dealkylation sites (tertiary alicyclic amines) is 2. The summed E-state index contributed by atoms with van der Waals surface area (Å²) in [6.45, 7) is 2.82. The van der Waals surface area contributed by atoms with Crippen LogP contribution in [0.3, 0.4) is 0 Å². The van der Waals surface area contributed by atoms with E-state index in [9.17, 15) is 15.0 Å². The molecule has 2 saturated heterocycles. The fourth-order valence-electron chi connectivity index (χ4n) is 3.83. The van der Waals surface area contributed by atoms with Crippen molar-refractivity contribution in [3.63, 3.8) is 0 Å². The van der Waals surface area contributed by atoms with Gasteiger partial charge in [-0.1, -0.05) is 30.3 Å². The van der Waals surface area contributed by atoms with Gasteiger partial charge in [-0.15, -0.1) is 0 Å². The Morgan fingerprint density at radius 1 is 1.27 bits per heavy atom. The zero-order valence-corrected chi connectivity index (χ0v) is 15.6. The zero-order chi connectivity index (χ0) is 18.6. The van der Waals surface area contributed by atoms with Crippen molar-refractivity contribution in [3.8, 4) is 0 Å². The number of aliphatic hydroxyl groups excluding tert-OH is 1. The first-order valence-electron chi connectivity index (χ1n) is 9.60. The van der Waals surface area contributed by atoms with E-state index in [2.05, 4.69) is 17.3 Å². The highest BCUT2D eigenvalue weighted by atomic mass is 16.3. The van der Waals surface area contributed by atoms with Crippen molar-refractivity contribution in [1.82, 2.24) is 15.1 Å². The summed E-state index contributed by atoms with van der Waals surface area (Å²) in [4.78, 5) is 16.4. The molecule has 0 bridgehead atoms. The molecule has 3 N–H and O–H groups in total. The smallest absolute Gasteiger partial charge is 0.223 e. The minimum Gasteiger partial charge on any atom is -0.388 e. The molecule has 2 aliphatic rings. The monoisotopic (exact) mass is 361 g/mol. The largest absolute Gasteiger partial charge is 0.388 e. The molecule has 0 radical (unpaired) electrons. The number of nitrogens with one attached hydrogen (secondary N) is 1. The summed E-state index contributed by atoms with van der Waals surface area (Å²) in [6.07, 6.45) is 2.26. The van der Waals surface area contributed by atoms with Crippen molar-refractivity contribution in [3.05, 3.63) is 35.9 Å². The van der Waals surface area contributed by atoms with Crippen LogP contribution in [0.4, 0.5) is 0 Å². The van der Waals surface area contributed by atoms with E-state index in [0.717, 1.165) is 31.5 Å². The van der Waals surface area contributed by atoms with E-state index >= 15 is 0 Å². The van der Waals surface area contributed by atoms with Crippen molar-refractivity contribution in [2.45, 2.75) is 43.4 Å². The van der Waals surface area contributed by atoms with Gasteiger partial charge >= 0.3 is 0 Å². The molecule has 1 aromatic carbocycles. The van der Waals surface area contributed by atoms with E-state index in [0.29, 0.717) is 25.4 Å². The molecule has 0 saturated carbocycles. The fourth-order valence-corrected chi connectivity index (χ4v) is 3.83. The van der Waals surface area contributed by atoms with Crippen molar-refractivity contribution in [2.24, 2.45) is 0 Å². The molecule has 2 fully saturated rings. The molecule has 3 rings (SSSR count). The number of β-amino-alcohol motifs (C(OH)–C–C–N with tert-alkyl or cyclic N) is 2. The molecule has 2 aliphatic heterocycles.